The van der Waals surface area contributed by atoms with E-state index in [1.165, 1.54) is 37.2 Å². The molecular weight excluding hydrogens is 448 g/mol. The second kappa shape index (κ2) is 8.07. The van der Waals surface area contributed by atoms with Gasteiger partial charge in [0.2, 0.25) is 5.78 Å². The van der Waals surface area contributed by atoms with E-state index in [0.29, 0.717) is 0 Å². The first kappa shape index (κ1) is 24.6. The predicted molar refractivity (Wildman–Crippen MR) is 114 cm³/mol. The molecule has 12 nitrogen and oxygen atoms in total. The molecule has 34 heavy (non-hydrogen) atoms. The van der Waals surface area contributed by atoms with Crippen LogP contribution in [0.25, 0.3) is 5.57 Å². The van der Waals surface area contributed by atoms with Crippen LogP contribution >= 0.6 is 0 Å². The summed E-state index contributed by atoms with van der Waals surface area (Å²) in [5, 5.41) is 66.8. The van der Waals surface area contributed by atoms with Gasteiger partial charge in [0.25, 0.3) is 5.91 Å². The topological polar surface area (TPSA) is 229 Å². The number of hydrogen-bond acceptors (Lipinski definition) is 11. The molecule has 1 amide bonds. The van der Waals surface area contributed by atoms with E-state index in [0.717, 1.165) is 0 Å². The number of nitrogens with two attached hydrogens (primary N) is 1. The Balaban J connectivity index is 0.00000158. The minimum absolute atomic E-state index is 0.167. The highest BCUT2D eigenvalue weighted by Gasteiger charge is 2.67. The third-order valence-corrected chi connectivity index (χ3v) is 6.61. The zero-order valence-electron chi connectivity index (χ0n) is 18.1. The fraction of sp³-hybridized carbons (Fsp3) is 0.318. The first-order chi connectivity index (χ1) is 15.9. The summed E-state index contributed by atoms with van der Waals surface area (Å²) in [5.74, 6) is -8.77. The van der Waals surface area contributed by atoms with Crippen LogP contribution in [0.1, 0.15) is 15.9 Å². The maximum Gasteiger partial charge on any atom is 0.255 e. The molecule has 0 heterocycles. The second-order valence-corrected chi connectivity index (χ2v) is 8.44. The van der Waals surface area contributed by atoms with Gasteiger partial charge in [-0.25, -0.2) is 0 Å². The van der Waals surface area contributed by atoms with E-state index in [-0.39, 0.29) is 16.7 Å². The molecule has 1 aromatic carbocycles. The van der Waals surface area contributed by atoms with E-state index in [9.17, 15) is 39.9 Å². The van der Waals surface area contributed by atoms with Gasteiger partial charge in [-0.05, 0) is 31.3 Å². The Bertz CT molecular complexity index is 1230. The summed E-state index contributed by atoms with van der Waals surface area (Å²) in [4.78, 5) is 39.7. The number of ketones is 2. The number of benzene rings is 1. The Hall–Kier alpha value is -4.05. The molecule has 0 spiro atoms. The van der Waals surface area contributed by atoms with Crippen LogP contribution in [0, 0.1) is 22.6 Å². The fourth-order valence-electron chi connectivity index (χ4n) is 5.22. The number of likely N-dealkylation sites (N-methyl/N-ethyl adjacent to an activating group) is 1. The number of hydrogen-bond donors (Lipinski definition) is 6. The average Bonchev–Trinajstić information content (AvgIpc) is 2.77. The lowest BCUT2D eigenvalue weighted by Gasteiger charge is -2.52. The molecular formula is C22H22N4O8. The normalized spacial score (nSPS) is 30.3. The van der Waals surface area contributed by atoms with Crippen LogP contribution in [0.3, 0.4) is 0 Å². The molecule has 1 aromatic rings. The van der Waals surface area contributed by atoms with Crippen molar-refractivity contribution in [2.45, 2.75) is 17.7 Å². The summed E-state index contributed by atoms with van der Waals surface area (Å²) >= 11 is 0. The number of aliphatic hydroxyl groups is 4. The molecule has 178 valence electrons. The second-order valence-electron chi connectivity index (χ2n) is 8.44. The van der Waals surface area contributed by atoms with Crippen LogP contribution < -0.4 is 5.73 Å². The number of fused-ring (bicyclic) bond motifs is 3. The smallest absolute Gasteiger partial charge is 0.255 e. The van der Waals surface area contributed by atoms with Gasteiger partial charge in [-0.15, -0.1) is 0 Å². The lowest BCUT2D eigenvalue weighted by Crippen LogP contribution is -2.68. The van der Waals surface area contributed by atoms with Gasteiger partial charge >= 0.3 is 0 Å². The standard InChI is InChI=1S/C22H22N2O8.N2/c1-7-8-5-4-6-9(25)11(8)16(26)12-10(7)17(27)14-15(24(2)3)18(28)13(21(23)31)20(30)22(14,32)19(12)29;1-2/h4-6,10,14-15,17,25,27-29,32H,1H2,2-3H3,(H2,23,31);/t10-,14+,15+,17+,22+;/m1./s1. The lowest BCUT2D eigenvalue weighted by molar-refractivity contribution is -0.159. The van der Waals surface area contributed by atoms with Crippen molar-refractivity contribution < 1.29 is 39.9 Å². The number of amides is 1. The van der Waals surface area contributed by atoms with Gasteiger partial charge in [0, 0.05) is 16.7 Å². The molecule has 3 aliphatic carbocycles. The number of carbonyl (C=O) groups excluding carboxylic acids is 3. The van der Waals surface area contributed by atoms with E-state index in [2.05, 4.69) is 6.58 Å². The molecule has 0 unspecified atom stereocenters. The molecule has 0 bridgehead atoms. The van der Waals surface area contributed by atoms with Crippen LogP contribution in [0.5, 0.6) is 5.75 Å². The Morgan fingerprint density at radius 3 is 2.29 bits per heavy atom. The number of aliphatic hydroxyl groups excluding tert-OH is 3. The van der Waals surface area contributed by atoms with Gasteiger partial charge in [0.1, 0.15) is 22.8 Å². The highest BCUT2D eigenvalue weighted by atomic mass is 16.4. The van der Waals surface area contributed by atoms with Crippen molar-refractivity contribution in [2.24, 2.45) is 17.6 Å². The first-order valence-corrected chi connectivity index (χ1v) is 9.91. The van der Waals surface area contributed by atoms with Crippen LogP contribution in [0.4, 0.5) is 0 Å². The summed E-state index contributed by atoms with van der Waals surface area (Å²) in [6.45, 7) is 3.91. The molecule has 0 saturated carbocycles. The molecule has 5 atom stereocenters. The Morgan fingerprint density at radius 1 is 1.18 bits per heavy atom. The summed E-state index contributed by atoms with van der Waals surface area (Å²) in [7, 11) is 2.93. The molecule has 12 heteroatoms. The quantitative estimate of drug-likeness (QED) is 0.240. The van der Waals surface area contributed by atoms with E-state index in [4.69, 9.17) is 16.5 Å². The number of phenols is 1. The summed E-state index contributed by atoms with van der Waals surface area (Å²) in [6, 6.07) is 2.92. The van der Waals surface area contributed by atoms with Crippen LogP contribution in [0.2, 0.25) is 0 Å². The van der Waals surface area contributed by atoms with Crippen molar-refractivity contribution in [3.8, 4) is 5.75 Å². The van der Waals surface area contributed by atoms with Crippen LogP contribution in [-0.4, -0.2) is 79.7 Å². The zero-order valence-corrected chi connectivity index (χ0v) is 18.1. The van der Waals surface area contributed by atoms with E-state index < -0.39 is 75.5 Å². The number of aromatic hydroxyl groups is 1. The monoisotopic (exact) mass is 470 g/mol. The zero-order chi connectivity index (χ0) is 25.9. The van der Waals surface area contributed by atoms with E-state index in [1.54, 1.807) is 0 Å². The van der Waals surface area contributed by atoms with Crippen molar-refractivity contribution in [1.29, 1.82) is 10.8 Å². The maximum absolute atomic E-state index is 13.3. The average molecular weight is 470 g/mol. The summed E-state index contributed by atoms with van der Waals surface area (Å²) < 4.78 is 0. The summed E-state index contributed by atoms with van der Waals surface area (Å²) in [5.41, 5.74) is 1.06. The Labute approximate surface area is 192 Å². The van der Waals surface area contributed by atoms with Gasteiger partial charge in [0.15, 0.2) is 11.4 Å². The molecule has 4 rings (SSSR count). The fourth-order valence-corrected chi connectivity index (χ4v) is 5.22. The first-order valence-electron chi connectivity index (χ1n) is 9.91. The maximum atomic E-state index is 13.3. The minimum atomic E-state index is -2.94. The lowest BCUT2D eigenvalue weighted by atomic mass is 9.56. The van der Waals surface area contributed by atoms with Crippen LogP contribution in [-0.2, 0) is 9.59 Å². The number of nitrogens with zero attached hydrogens (tertiary/aromatic N) is 3. The Morgan fingerprint density at radius 2 is 1.76 bits per heavy atom. The van der Waals surface area contributed by atoms with Gasteiger partial charge < -0.3 is 31.3 Å². The third-order valence-electron chi connectivity index (χ3n) is 6.61. The molecule has 0 aliphatic heterocycles. The molecule has 0 fully saturated rings. The minimum Gasteiger partial charge on any atom is -0.510 e. The van der Waals surface area contributed by atoms with Crippen LogP contribution in [0.15, 0.2) is 47.4 Å². The number of carbonyl (C=O) groups is 3. The number of primary amides is 1. The van der Waals surface area contributed by atoms with Crippen molar-refractivity contribution in [3.63, 3.8) is 0 Å². The van der Waals surface area contributed by atoms with Crippen molar-refractivity contribution in [3.05, 3.63) is 58.6 Å². The number of Topliss-reactive ketones (excluding diaryl/α,β-unsaturated/α-hetero) is 2. The molecule has 0 aromatic heterocycles. The van der Waals surface area contributed by atoms with Gasteiger partial charge in [-0.2, -0.15) is 0 Å². The van der Waals surface area contributed by atoms with Crippen molar-refractivity contribution in [1.82, 2.24) is 4.90 Å². The van der Waals surface area contributed by atoms with Gasteiger partial charge in [-0.3, -0.25) is 19.3 Å². The number of rotatable bonds is 2. The molecule has 0 radical (unpaired) electrons. The predicted octanol–water partition coefficient (Wildman–Crippen LogP) is -0.408. The Kier molecular flexibility index (Phi) is 5.83. The molecule has 3 aliphatic rings. The van der Waals surface area contributed by atoms with Gasteiger partial charge in [-0.1, -0.05) is 18.7 Å². The highest BCUT2D eigenvalue weighted by molar-refractivity contribution is 6.25. The summed E-state index contributed by atoms with van der Waals surface area (Å²) in [6.07, 6.45) is -1.69. The van der Waals surface area contributed by atoms with Crippen molar-refractivity contribution >= 4 is 23.0 Å². The largest absolute Gasteiger partial charge is 0.510 e. The highest BCUT2D eigenvalue weighted by Crippen LogP contribution is 2.54. The van der Waals surface area contributed by atoms with E-state index >= 15 is 0 Å². The molecule has 0 saturated heterocycles. The SMILES string of the molecule is C=C1c2cccc(O)c2C(=O)C2=C(O)[C@]3(O)C(=O)C(C(N)=O)=C(O)[C@@H](N(C)C)[C@H]3[C@@H](O)[C@H]12.N#N. The van der Waals surface area contributed by atoms with E-state index in [1.807, 2.05) is 0 Å². The van der Waals surface area contributed by atoms with Crippen molar-refractivity contribution in [2.75, 3.05) is 14.1 Å². The van der Waals surface area contributed by atoms with Gasteiger partial charge in [0.05, 0.1) is 29.2 Å². The molecule has 7 N–H and O–H groups in total. The third kappa shape index (κ3) is 2.88. The number of phenolic OH excluding ortho intramolecular Hbond substituents is 1.